The molecule has 0 aliphatic carbocycles. The summed E-state index contributed by atoms with van der Waals surface area (Å²) in [4.78, 5) is 0. The summed E-state index contributed by atoms with van der Waals surface area (Å²) in [6.07, 6.45) is 0.559. The van der Waals surface area contributed by atoms with Crippen molar-refractivity contribution in [3.63, 3.8) is 0 Å². The van der Waals surface area contributed by atoms with Crippen molar-refractivity contribution in [2.75, 3.05) is 19.6 Å². The fraction of sp³-hybridized carbons (Fsp3) is 0.571. The first-order chi connectivity index (χ1) is 9.47. The van der Waals surface area contributed by atoms with Crippen LogP contribution in [-0.2, 0) is 21.4 Å². The van der Waals surface area contributed by atoms with Crippen molar-refractivity contribution in [1.82, 2.24) is 9.03 Å². The standard InChI is InChI=1S/C14H22N2O3S/c1-12-10-16(11-13(2)19-12)20(17,18)15-9-8-14-6-4-3-5-7-14/h3-7,12-13,15H,8-11H2,1-2H3/t12-,13+. The number of morpholine rings is 1. The van der Waals surface area contributed by atoms with Gasteiger partial charge in [-0.1, -0.05) is 30.3 Å². The van der Waals surface area contributed by atoms with Crippen LogP contribution >= 0.6 is 0 Å². The first-order valence-corrected chi connectivity index (χ1v) is 8.35. The summed E-state index contributed by atoms with van der Waals surface area (Å²) >= 11 is 0. The van der Waals surface area contributed by atoms with E-state index in [0.29, 0.717) is 26.1 Å². The Morgan fingerprint density at radius 3 is 2.40 bits per heavy atom. The Balaban J connectivity index is 1.87. The molecular weight excluding hydrogens is 276 g/mol. The first kappa shape index (κ1) is 15.4. The highest BCUT2D eigenvalue weighted by Gasteiger charge is 2.30. The van der Waals surface area contributed by atoms with E-state index in [2.05, 4.69) is 4.72 Å². The molecule has 0 spiro atoms. The van der Waals surface area contributed by atoms with E-state index in [1.54, 1.807) is 0 Å². The molecule has 0 unspecified atom stereocenters. The van der Waals surface area contributed by atoms with Gasteiger partial charge in [0.1, 0.15) is 0 Å². The van der Waals surface area contributed by atoms with Crippen LogP contribution in [0.25, 0.3) is 0 Å². The van der Waals surface area contributed by atoms with Gasteiger partial charge in [0, 0.05) is 19.6 Å². The molecule has 0 saturated carbocycles. The van der Waals surface area contributed by atoms with E-state index < -0.39 is 10.2 Å². The maximum absolute atomic E-state index is 12.2. The van der Waals surface area contributed by atoms with E-state index in [1.165, 1.54) is 4.31 Å². The number of hydrogen-bond acceptors (Lipinski definition) is 3. The predicted octanol–water partition coefficient (Wildman–Crippen LogP) is 1.17. The fourth-order valence-electron chi connectivity index (χ4n) is 2.39. The van der Waals surface area contributed by atoms with Crippen molar-refractivity contribution in [2.45, 2.75) is 32.5 Å². The smallest absolute Gasteiger partial charge is 0.279 e. The van der Waals surface area contributed by atoms with Gasteiger partial charge < -0.3 is 4.74 Å². The lowest BCUT2D eigenvalue weighted by molar-refractivity contribution is -0.0443. The van der Waals surface area contributed by atoms with Crippen LogP contribution in [0.5, 0.6) is 0 Å². The van der Waals surface area contributed by atoms with E-state index >= 15 is 0 Å². The van der Waals surface area contributed by atoms with Crippen molar-refractivity contribution < 1.29 is 13.2 Å². The lowest BCUT2D eigenvalue weighted by Crippen LogP contribution is -2.52. The monoisotopic (exact) mass is 298 g/mol. The van der Waals surface area contributed by atoms with E-state index in [-0.39, 0.29) is 12.2 Å². The third-order valence-corrected chi connectivity index (χ3v) is 4.81. The van der Waals surface area contributed by atoms with Gasteiger partial charge in [-0.25, -0.2) is 4.72 Å². The Morgan fingerprint density at radius 1 is 1.20 bits per heavy atom. The van der Waals surface area contributed by atoms with Crippen molar-refractivity contribution in [3.8, 4) is 0 Å². The minimum absolute atomic E-state index is 0.0653. The predicted molar refractivity (Wildman–Crippen MR) is 78.7 cm³/mol. The largest absolute Gasteiger partial charge is 0.373 e. The Kier molecular flexibility index (Phi) is 5.15. The van der Waals surface area contributed by atoms with Gasteiger partial charge in [0.2, 0.25) is 0 Å². The molecule has 1 fully saturated rings. The van der Waals surface area contributed by atoms with Gasteiger partial charge in [-0.15, -0.1) is 0 Å². The van der Waals surface area contributed by atoms with Crippen molar-refractivity contribution in [2.24, 2.45) is 0 Å². The highest BCUT2D eigenvalue weighted by atomic mass is 32.2. The lowest BCUT2D eigenvalue weighted by atomic mass is 10.2. The second-order valence-electron chi connectivity index (χ2n) is 5.21. The maximum Gasteiger partial charge on any atom is 0.279 e. The molecule has 5 nitrogen and oxygen atoms in total. The van der Waals surface area contributed by atoms with Gasteiger partial charge in [0.15, 0.2) is 0 Å². The maximum atomic E-state index is 12.2. The molecule has 0 aromatic heterocycles. The van der Waals surface area contributed by atoms with Crippen LogP contribution in [0.1, 0.15) is 19.4 Å². The van der Waals surface area contributed by atoms with Gasteiger partial charge in [0.05, 0.1) is 12.2 Å². The zero-order chi connectivity index (χ0) is 14.6. The third kappa shape index (κ3) is 4.28. The number of benzene rings is 1. The first-order valence-electron chi connectivity index (χ1n) is 6.91. The Morgan fingerprint density at radius 2 is 1.80 bits per heavy atom. The van der Waals surface area contributed by atoms with Crippen molar-refractivity contribution >= 4 is 10.2 Å². The molecule has 0 amide bonds. The molecular formula is C14H22N2O3S. The summed E-state index contributed by atoms with van der Waals surface area (Å²) in [6.45, 7) is 5.01. The molecule has 6 heteroatoms. The van der Waals surface area contributed by atoms with Crippen molar-refractivity contribution in [1.29, 1.82) is 0 Å². The van der Waals surface area contributed by atoms with Gasteiger partial charge in [-0.2, -0.15) is 12.7 Å². The summed E-state index contributed by atoms with van der Waals surface area (Å²) < 4.78 is 34.1. The van der Waals surface area contributed by atoms with Crippen LogP contribution in [0.3, 0.4) is 0 Å². The normalized spacial score (nSPS) is 24.7. The van der Waals surface area contributed by atoms with E-state index in [9.17, 15) is 8.42 Å². The number of nitrogens with one attached hydrogen (secondary N) is 1. The summed E-state index contributed by atoms with van der Waals surface area (Å²) in [6, 6.07) is 9.84. The molecule has 1 N–H and O–H groups in total. The minimum atomic E-state index is -3.42. The average molecular weight is 298 g/mol. The van der Waals surface area contributed by atoms with Crippen LogP contribution in [0.15, 0.2) is 30.3 Å². The summed E-state index contributed by atoms with van der Waals surface area (Å²) in [5, 5.41) is 0. The van der Waals surface area contributed by atoms with E-state index in [4.69, 9.17) is 4.74 Å². The number of nitrogens with zero attached hydrogens (tertiary/aromatic N) is 1. The van der Waals surface area contributed by atoms with Crippen LogP contribution in [-0.4, -0.2) is 44.6 Å². The van der Waals surface area contributed by atoms with Gasteiger partial charge in [-0.3, -0.25) is 0 Å². The van der Waals surface area contributed by atoms with Gasteiger partial charge in [-0.05, 0) is 25.8 Å². The van der Waals surface area contributed by atoms with Crippen molar-refractivity contribution in [3.05, 3.63) is 35.9 Å². The number of hydrogen-bond donors (Lipinski definition) is 1. The SMILES string of the molecule is C[C@@H]1CN(S(=O)(=O)NCCc2ccccc2)C[C@H](C)O1. The molecule has 2 rings (SSSR count). The Hall–Kier alpha value is -0.950. The zero-order valence-electron chi connectivity index (χ0n) is 12.0. The lowest BCUT2D eigenvalue weighted by Gasteiger charge is -2.34. The summed E-state index contributed by atoms with van der Waals surface area (Å²) in [7, 11) is -3.42. The minimum Gasteiger partial charge on any atom is -0.373 e. The molecule has 112 valence electrons. The Labute approximate surface area is 121 Å². The van der Waals surface area contributed by atoms with Crippen LogP contribution in [0, 0.1) is 0 Å². The molecule has 0 radical (unpaired) electrons. The highest BCUT2D eigenvalue weighted by Crippen LogP contribution is 2.13. The molecule has 1 aromatic rings. The van der Waals surface area contributed by atoms with Crippen LogP contribution in [0.4, 0.5) is 0 Å². The highest BCUT2D eigenvalue weighted by molar-refractivity contribution is 7.87. The summed E-state index contributed by atoms with van der Waals surface area (Å²) in [5.74, 6) is 0. The Bertz CT molecular complexity index is 508. The molecule has 1 aliphatic heterocycles. The topological polar surface area (TPSA) is 58.6 Å². The second kappa shape index (κ2) is 6.67. The van der Waals surface area contributed by atoms with Gasteiger partial charge in [0.25, 0.3) is 10.2 Å². The van der Waals surface area contributed by atoms with E-state index in [1.807, 2.05) is 44.2 Å². The van der Waals surface area contributed by atoms with E-state index in [0.717, 1.165) is 5.56 Å². The van der Waals surface area contributed by atoms with Crippen LogP contribution in [0.2, 0.25) is 0 Å². The molecule has 20 heavy (non-hydrogen) atoms. The summed E-state index contributed by atoms with van der Waals surface area (Å²) in [5.41, 5.74) is 1.12. The third-order valence-electron chi connectivity index (χ3n) is 3.27. The molecule has 2 atom stereocenters. The fourth-order valence-corrected chi connectivity index (χ4v) is 3.74. The molecule has 1 saturated heterocycles. The molecule has 1 heterocycles. The van der Waals surface area contributed by atoms with Gasteiger partial charge >= 0.3 is 0 Å². The number of ether oxygens (including phenoxy) is 1. The molecule has 1 aromatic carbocycles. The average Bonchev–Trinajstić information content (AvgIpc) is 2.38. The molecule has 1 aliphatic rings. The zero-order valence-corrected chi connectivity index (χ0v) is 12.8. The van der Waals surface area contributed by atoms with Crippen LogP contribution < -0.4 is 4.72 Å². The number of rotatable bonds is 5. The molecule has 0 bridgehead atoms. The second-order valence-corrected chi connectivity index (χ2v) is 6.96. The quantitative estimate of drug-likeness (QED) is 0.888.